The molecule has 124 valence electrons. The van der Waals surface area contributed by atoms with Crippen molar-refractivity contribution in [3.05, 3.63) is 35.4 Å². The Kier molecular flexibility index (Phi) is 6.83. The van der Waals surface area contributed by atoms with Crippen molar-refractivity contribution in [1.82, 2.24) is 10.2 Å². The predicted octanol–water partition coefficient (Wildman–Crippen LogP) is 2.12. The summed E-state index contributed by atoms with van der Waals surface area (Å²) in [6.07, 6.45) is 1.90. The molecule has 1 fully saturated rings. The Hall–Kier alpha value is -0.940. The normalized spacial score (nSPS) is 20.0. The molecule has 1 aliphatic rings. The highest BCUT2D eigenvalue weighted by Crippen LogP contribution is 2.18. The standard InChI is InChI=1S/C18H30N2O2/c1-14-4-6-16(7-5-14)15(2)19-17-8-10-20(11-9-17)12-18(21)13-22-3/h4-7,15,17-19,21H,8-13H2,1-3H3. The van der Waals surface area contributed by atoms with Crippen molar-refractivity contribution in [2.24, 2.45) is 0 Å². The van der Waals surface area contributed by atoms with E-state index in [9.17, 15) is 5.11 Å². The molecule has 4 heteroatoms. The number of methoxy groups -OCH3 is 1. The summed E-state index contributed by atoms with van der Waals surface area (Å²) < 4.78 is 4.99. The lowest BCUT2D eigenvalue weighted by atomic mass is 10.0. The van der Waals surface area contributed by atoms with E-state index in [1.807, 2.05) is 0 Å². The number of benzene rings is 1. The van der Waals surface area contributed by atoms with Gasteiger partial charge in [0.05, 0.1) is 12.7 Å². The number of aryl methyl sites for hydroxylation is 1. The molecule has 2 rings (SSSR count). The summed E-state index contributed by atoms with van der Waals surface area (Å²) in [7, 11) is 1.63. The Morgan fingerprint density at radius 2 is 1.91 bits per heavy atom. The number of aliphatic hydroxyl groups excluding tert-OH is 1. The second kappa shape index (κ2) is 8.63. The highest BCUT2D eigenvalue weighted by atomic mass is 16.5. The number of piperidine rings is 1. The molecule has 2 atom stereocenters. The molecule has 0 spiro atoms. The molecule has 1 aromatic carbocycles. The van der Waals surface area contributed by atoms with Crippen LogP contribution in [0.25, 0.3) is 0 Å². The molecular formula is C18H30N2O2. The maximum atomic E-state index is 9.80. The van der Waals surface area contributed by atoms with Gasteiger partial charge in [-0.25, -0.2) is 0 Å². The van der Waals surface area contributed by atoms with E-state index in [-0.39, 0.29) is 6.10 Å². The van der Waals surface area contributed by atoms with Crippen molar-refractivity contribution < 1.29 is 9.84 Å². The van der Waals surface area contributed by atoms with Crippen LogP contribution in [0.4, 0.5) is 0 Å². The van der Waals surface area contributed by atoms with E-state index in [0.29, 0.717) is 25.2 Å². The highest BCUT2D eigenvalue weighted by molar-refractivity contribution is 5.23. The molecule has 0 bridgehead atoms. The van der Waals surface area contributed by atoms with E-state index in [0.717, 1.165) is 25.9 Å². The number of hydrogen-bond donors (Lipinski definition) is 2. The first-order valence-corrected chi connectivity index (χ1v) is 8.30. The third-order valence-corrected chi connectivity index (χ3v) is 4.48. The zero-order chi connectivity index (χ0) is 15.9. The summed E-state index contributed by atoms with van der Waals surface area (Å²) in [5.74, 6) is 0. The van der Waals surface area contributed by atoms with Gasteiger partial charge in [0.1, 0.15) is 0 Å². The summed E-state index contributed by atoms with van der Waals surface area (Å²) in [5.41, 5.74) is 2.66. The molecule has 1 saturated heterocycles. The number of ether oxygens (including phenoxy) is 1. The molecular weight excluding hydrogens is 276 g/mol. The number of β-amino-alcohol motifs (C(OH)–C–C–N with tert-alkyl or cyclic N) is 1. The number of hydrogen-bond acceptors (Lipinski definition) is 4. The Morgan fingerprint density at radius 3 is 2.50 bits per heavy atom. The third kappa shape index (κ3) is 5.36. The van der Waals surface area contributed by atoms with Crippen molar-refractivity contribution in [2.45, 2.75) is 44.9 Å². The minimum atomic E-state index is -0.374. The van der Waals surface area contributed by atoms with Crippen molar-refractivity contribution in [1.29, 1.82) is 0 Å². The summed E-state index contributed by atoms with van der Waals surface area (Å²) in [6.45, 7) is 7.57. The van der Waals surface area contributed by atoms with E-state index in [1.165, 1.54) is 11.1 Å². The molecule has 22 heavy (non-hydrogen) atoms. The maximum absolute atomic E-state index is 9.80. The minimum absolute atomic E-state index is 0.374. The quantitative estimate of drug-likeness (QED) is 0.810. The van der Waals surface area contributed by atoms with Crippen molar-refractivity contribution in [2.75, 3.05) is 33.4 Å². The van der Waals surface area contributed by atoms with Crippen molar-refractivity contribution in [3.8, 4) is 0 Å². The lowest BCUT2D eigenvalue weighted by Gasteiger charge is -2.34. The molecule has 1 heterocycles. The topological polar surface area (TPSA) is 44.7 Å². The zero-order valence-electron chi connectivity index (χ0n) is 14.1. The Bertz CT molecular complexity index is 427. The smallest absolute Gasteiger partial charge is 0.0900 e. The summed E-state index contributed by atoms with van der Waals surface area (Å²) in [4.78, 5) is 2.33. The first-order chi connectivity index (χ1) is 10.6. The van der Waals surface area contributed by atoms with Crippen LogP contribution in [0.2, 0.25) is 0 Å². The fourth-order valence-electron chi connectivity index (χ4n) is 3.13. The molecule has 0 aliphatic carbocycles. The van der Waals surface area contributed by atoms with E-state index in [4.69, 9.17) is 4.74 Å². The molecule has 0 amide bonds. The average Bonchev–Trinajstić information content (AvgIpc) is 2.50. The van der Waals surface area contributed by atoms with Gasteiger partial charge in [-0.2, -0.15) is 0 Å². The molecule has 4 nitrogen and oxygen atoms in total. The number of rotatable bonds is 7. The van der Waals surface area contributed by atoms with Crippen LogP contribution < -0.4 is 5.32 Å². The summed E-state index contributed by atoms with van der Waals surface area (Å²) in [6, 6.07) is 9.72. The molecule has 2 N–H and O–H groups in total. The SMILES string of the molecule is COCC(O)CN1CCC(NC(C)c2ccc(C)cc2)CC1. The van der Waals surface area contributed by atoms with Crippen LogP contribution in [-0.4, -0.2) is 55.5 Å². The molecule has 0 saturated carbocycles. The van der Waals surface area contributed by atoms with Crippen molar-refractivity contribution in [3.63, 3.8) is 0 Å². The molecule has 0 aromatic heterocycles. The van der Waals surface area contributed by atoms with Gasteiger partial charge in [0.2, 0.25) is 0 Å². The van der Waals surface area contributed by atoms with Gasteiger partial charge in [-0.1, -0.05) is 29.8 Å². The van der Waals surface area contributed by atoms with Crippen LogP contribution in [0.3, 0.4) is 0 Å². The van der Waals surface area contributed by atoms with Crippen molar-refractivity contribution >= 4 is 0 Å². The third-order valence-electron chi connectivity index (χ3n) is 4.48. The largest absolute Gasteiger partial charge is 0.389 e. The maximum Gasteiger partial charge on any atom is 0.0900 e. The monoisotopic (exact) mass is 306 g/mol. The molecule has 2 unspecified atom stereocenters. The van der Waals surface area contributed by atoms with Gasteiger partial charge in [-0.05, 0) is 45.3 Å². The lowest BCUT2D eigenvalue weighted by molar-refractivity contribution is 0.0308. The first-order valence-electron chi connectivity index (χ1n) is 8.30. The molecule has 1 aromatic rings. The van der Waals surface area contributed by atoms with Crippen LogP contribution in [0.1, 0.15) is 36.9 Å². The Balaban J connectivity index is 1.74. The highest BCUT2D eigenvalue weighted by Gasteiger charge is 2.22. The fourth-order valence-corrected chi connectivity index (χ4v) is 3.13. The number of nitrogens with one attached hydrogen (secondary N) is 1. The van der Waals surface area contributed by atoms with E-state index < -0.39 is 0 Å². The van der Waals surface area contributed by atoms with Gasteiger partial charge in [0.25, 0.3) is 0 Å². The number of aliphatic hydroxyl groups is 1. The Morgan fingerprint density at radius 1 is 1.27 bits per heavy atom. The van der Waals surface area contributed by atoms with Crippen LogP contribution in [0, 0.1) is 6.92 Å². The molecule has 1 aliphatic heterocycles. The van der Waals surface area contributed by atoms with Crippen LogP contribution in [-0.2, 0) is 4.74 Å². The van der Waals surface area contributed by atoms with Gasteiger partial charge in [0, 0.05) is 25.7 Å². The van der Waals surface area contributed by atoms with Gasteiger partial charge in [-0.3, -0.25) is 0 Å². The molecule has 0 radical (unpaired) electrons. The van der Waals surface area contributed by atoms with Crippen LogP contribution in [0.15, 0.2) is 24.3 Å². The van der Waals surface area contributed by atoms with Gasteiger partial charge in [0.15, 0.2) is 0 Å². The second-order valence-corrected chi connectivity index (χ2v) is 6.48. The summed E-state index contributed by atoms with van der Waals surface area (Å²) >= 11 is 0. The average molecular weight is 306 g/mol. The van der Waals surface area contributed by atoms with E-state index in [2.05, 4.69) is 48.3 Å². The lowest BCUT2D eigenvalue weighted by Crippen LogP contribution is -2.46. The van der Waals surface area contributed by atoms with Crippen LogP contribution >= 0.6 is 0 Å². The van der Waals surface area contributed by atoms with Gasteiger partial charge in [-0.15, -0.1) is 0 Å². The Labute approximate surface area is 134 Å². The van der Waals surface area contributed by atoms with E-state index in [1.54, 1.807) is 7.11 Å². The fraction of sp³-hybridized carbons (Fsp3) is 0.667. The summed E-state index contributed by atoms with van der Waals surface area (Å²) in [5, 5.41) is 13.5. The van der Waals surface area contributed by atoms with Gasteiger partial charge >= 0.3 is 0 Å². The second-order valence-electron chi connectivity index (χ2n) is 6.48. The number of nitrogens with zero attached hydrogens (tertiary/aromatic N) is 1. The van der Waals surface area contributed by atoms with Crippen LogP contribution in [0.5, 0.6) is 0 Å². The zero-order valence-corrected chi connectivity index (χ0v) is 14.1. The first kappa shape index (κ1) is 17.4. The predicted molar refractivity (Wildman–Crippen MR) is 90.1 cm³/mol. The van der Waals surface area contributed by atoms with Gasteiger partial charge < -0.3 is 20.1 Å². The number of likely N-dealkylation sites (tertiary alicyclic amines) is 1. The minimum Gasteiger partial charge on any atom is -0.389 e. The van der Waals surface area contributed by atoms with E-state index >= 15 is 0 Å².